The van der Waals surface area contributed by atoms with Gasteiger partial charge in [0.25, 0.3) is 0 Å². The number of nitrogens with zero attached hydrogens (tertiary/aromatic N) is 1. The van der Waals surface area contributed by atoms with Crippen LogP contribution < -0.4 is 0 Å². The number of allylic oxidation sites excluding steroid dienone is 1. The topological polar surface area (TPSA) is 45.8 Å². The Labute approximate surface area is 71.5 Å². The maximum Gasteiger partial charge on any atom is 0.170 e. The molecule has 0 atom stereocenters. The number of H-pyrrole nitrogens is 1. The number of aldehydes is 1. The number of aromatic amines is 1. The lowest BCUT2D eigenvalue weighted by atomic mass is 9.88. The third kappa shape index (κ3) is 1.30. The summed E-state index contributed by atoms with van der Waals surface area (Å²) in [5, 5.41) is 0. The van der Waals surface area contributed by atoms with Gasteiger partial charge in [-0.25, -0.2) is 4.98 Å². The minimum absolute atomic E-state index is 0.229. The first kappa shape index (κ1) is 8.71. The van der Waals surface area contributed by atoms with Crippen LogP contribution >= 0.6 is 0 Å². The highest BCUT2D eigenvalue weighted by molar-refractivity contribution is 5.74. The molecule has 0 aliphatic heterocycles. The minimum atomic E-state index is -0.229. The van der Waals surface area contributed by atoms with E-state index in [4.69, 9.17) is 0 Å². The fraction of sp³-hybridized carbons (Fsp3) is 0.333. The van der Waals surface area contributed by atoms with Crippen molar-refractivity contribution in [3.05, 3.63) is 30.4 Å². The first-order valence-electron chi connectivity index (χ1n) is 3.74. The average molecular weight is 164 g/mol. The highest BCUT2D eigenvalue weighted by Gasteiger charge is 2.21. The van der Waals surface area contributed by atoms with Crippen LogP contribution in [0.1, 0.15) is 30.0 Å². The first-order chi connectivity index (χ1) is 5.61. The number of hydrogen-bond acceptors (Lipinski definition) is 2. The van der Waals surface area contributed by atoms with E-state index in [2.05, 4.69) is 16.5 Å². The number of hydrogen-bond donors (Lipinski definition) is 1. The second-order valence-electron chi connectivity index (χ2n) is 3.21. The van der Waals surface area contributed by atoms with Gasteiger partial charge in [-0.05, 0) is 0 Å². The highest BCUT2D eigenvalue weighted by Crippen LogP contribution is 2.23. The van der Waals surface area contributed by atoms with Crippen LogP contribution in [0.4, 0.5) is 0 Å². The summed E-state index contributed by atoms with van der Waals surface area (Å²) in [7, 11) is 0. The molecule has 0 saturated carbocycles. The number of rotatable bonds is 3. The monoisotopic (exact) mass is 164 g/mol. The maximum absolute atomic E-state index is 10.5. The fourth-order valence-electron chi connectivity index (χ4n) is 1.01. The van der Waals surface area contributed by atoms with E-state index in [1.807, 2.05) is 13.8 Å². The quantitative estimate of drug-likeness (QED) is 0.545. The zero-order valence-electron chi connectivity index (χ0n) is 7.29. The van der Waals surface area contributed by atoms with E-state index in [0.29, 0.717) is 5.69 Å². The maximum atomic E-state index is 10.5. The van der Waals surface area contributed by atoms with Crippen molar-refractivity contribution in [2.24, 2.45) is 0 Å². The van der Waals surface area contributed by atoms with Crippen LogP contribution in [-0.4, -0.2) is 16.3 Å². The van der Waals surface area contributed by atoms with Gasteiger partial charge in [0.1, 0.15) is 5.69 Å². The van der Waals surface area contributed by atoms with Crippen LogP contribution in [0.25, 0.3) is 0 Å². The zero-order valence-corrected chi connectivity index (χ0v) is 7.29. The van der Waals surface area contributed by atoms with Gasteiger partial charge in [-0.1, -0.05) is 19.9 Å². The van der Waals surface area contributed by atoms with Gasteiger partial charge >= 0.3 is 0 Å². The van der Waals surface area contributed by atoms with E-state index in [1.54, 1.807) is 6.08 Å². The SMILES string of the molecule is C=CC(C)(C)c1[nH]cnc1C=O. The Hall–Kier alpha value is -1.38. The van der Waals surface area contributed by atoms with Crippen LogP contribution in [0.3, 0.4) is 0 Å². The van der Waals surface area contributed by atoms with Crippen LogP contribution in [0.15, 0.2) is 19.0 Å². The van der Waals surface area contributed by atoms with E-state index in [0.717, 1.165) is 12.0 Å². The van der Waals surface area contributed by atoms with Gasteiger partial charge in [-0.15, -0.1) is 6.58 Å². The molecule has 1 rings (SSSR count). The van der Waals surface area contributed by atoms with Crippen molar-refractivity contribution in [2.75, 3.05) is 0 Å². The first-order valence-corrected chi connectivity index (χ1v) is 3.74. The highest BCUT2D eigenvalue weighted by atomic mass is 16.1. The summed E-state index contributed by atoms with van der Waals surface area (Å²) in [5.41, 5.74) is 1.04. The summed E-state index contributed by atoms with van der Waals surface area (Å²) in [6, 6.07) is 0. The molecule has 1 heterocycles. The van der Waals surface area contributed by atoms with Gasteiger partial charge < -0.3 is 4.98 Å². The normalized spacial score (nSPS) is 11.2. The second kappa shape index (κ2) is 2.93. The molecular weight excluding hydrogens is 152 g/mol. The van der Waals surface area contributed by atoms with E-state index in [-0.39, 0.29) is 5.41 Å². The Morgan fingerprint density at radius 1 is 1.67 bits per heavy atom. The molecule has 0 radical (unpaired) electrons. The summed E-state index contributed by atoms with van der Waals surface area (Å²) in [4.78, 5) is 17.3. The molecule has 1 aromatic rings. The standard InChI is InChI=1S/C9H12N2O/c1-4-9(2,3)8-7(5-12)10-6-11-8/h4-6H,1H2,2-3H3,(H,10,11). The summed E-state index contributed by atoms with van der Waals surface area (Å²) in [6.45, 7) is 7.65. The molecule has 64 valence electrons. The van der Waals surface area contributed by atoms with E-state index >= 15 is 0 Å². The van der Waals surface area contributed by atoms with Crippen molar-refractivity contribution in [3.63, 3.8) is 0 Å². The number of nitrogens with one attached hydrogen (secondary N) is 1. The lowest BCUT2D eigenvalue weighted by Gasteiger charge is -2.17. The van der Waals surface area contributed by atoms with Crippen LogP contribution in [0.2, 0.25) is 0 Å². The Morgan fingerprint density at radius 2 is 2.33 bits per heavy atom. The molecule has 0 bridgehead atoms. The molecule has 0 aliphatic rings. The average Bonchev–Trinajstić information content (AvgIpc) is 2.52. The summed E-state index contributed by atoms with van der Waals surface area (Å²) in [5.74, 6) is 0. The molecule has 12 heavy (non-hydrogen) atoms. The second-order valence-corrected chi connectivity index (χ2v) is 3.21. The third-order valence-corrected chi connectivity index (χ3v) is 1.93. The summed E-state index contributed by atoms with van der Waals surface area (Å²) in [6.07, 6.45) is 4.05. The third-order valence-electron chi connectivity index (χ3n) is 1.93. The van der Waals surface area contributed by atoms with Crippen molar-refractivity contribution in [3.8, 4) is 0 Å². The molecule has 3 heteroatoms. The van der Waals surface area contributed by atoms with Crippen molar-refractivity contribution in [1.29, 1.82) is 0 Å². The van der Waals surface area contributed by atoms with Crippen molar-refractivity contribution in [2.45, 2.75) is 19.3 Å². The van der Waals surface area contributed by atoms with Gasteiger partial charge in [0, 0.05) is 5.41 Å². The van der Waals surface area contributed by atoms with Crippen molar-refractivity contribution in [1.82, 2.24) is 9.97 Å². The molecule has 3 nitrogen and oxygen atoms in total. The van der Waals surface area contributed by atoms with E-state index in [9.17, 15) is 4.79 Å². The molecule has 0 aromatic carbocycles. The molecule has 0 spiro atoms. The Kier molecular flexibility index (Phi) is 2.13. The van der Waals surface area contributed by atoms with Gasteiger partial charge in [-0.2, -0.15) is 0 Å². The number of carbonyl (C=O) groups is 1. The molecule has 0 unspecified atom stereocenters. The number of carbonyl (C=O) groups excluding carboxylic acids is 1. The van der Waals surface area contributed by atoms with E-state index < -0.39 is 0 Å². The summed E-state index contributed by atoms with van der Waals surface area (Å²) < 4.78 is 0. The largest absolute Gasteiger partial charge is 0.347 e. The van der Waals surface area contributed by atoms with E-state index in [1.165, 1.54) is 6.33 Å². The number of imidazole rings is 1. The Morgan fingerprint density at radius 3 is 2.83 bits per heavy atom. The Bertz CT molecular complexity index is 299. The van der Waals surface area contributed by atoms with Crippen molar-refractivity contribution >= 4 is 6.29 Å². The molecule has 0 aliphatic carbocycles. The predicted molar refractivity (Wildman–Crippen MR) is 47.2 cm³/mol. The van der Waals surface area contributed by atoms with Gasteiger partial charge in [-0.3, -0.25) is 4.79 Å². The lowest BCUT2D eigenvalue weighted by Crippen LogP contribution is -2.15. The van der Waals surface area contributed by atoms with Crippen LogP contribution in [-0.2, 0) is 5.41 Å². The smallest absolute Gasteiger partial charge is 0.170 e. The molecule has 0 saturated heterocycles. The zero-order chi connectivity index (χ0) is 9.19. The Balaban J connectivity index is 3.17. The number of aromatic nitrogens is 2. The van der Waals surface area contributed by atoms with Gasteiger partial charge in [0.15, 0.2) is 6.29 Å². The molecule has 1 N–H and O–H groups in total. The van der Waals surface area contributed by atoms with Crippen LogP contribution in [0, 0.1) is 0 Å². The van der Waals surface area contributed by atoms with Gasteiger partial charge in [0.2, 0.25) is 0 Å². The molecule has 1 aromatic heterocycles. The summed E-state index contributed by atoms with van der Waals surface area (Å²) >= 11 is 0. The minimum Gasteiger partial charge on any atom is -0.347 e. The van der Waals surface area contributed by atoms with Crippen LogP contribution in [0.5, 0.6) is 0 Å². The molecular formula is C9H12N2O. The lowest BCUT2D eigenvalue weighted by molar-refractivity contribution is 0.111. The fourth-order valence-corrected chi connectivity index (χ4v) is 1.01. The van der Waals surface area contributed by atoms with Gasteiger partial charge in [0.05, 0.1) is 12.0 Å². The molecule has 0 fully saturated rings. The molecule has 0 amide bonds. The van der Waals surface area contributed by atoms with Crippen molar-refractivity contribution < 1.29 is 4.79 Å². The predicted octanol–water partition coefficient (Wildman–Crippen LogP) is 1.69.